The summed E-state index contributed by atoms with van der Waals surface area (Å²) < 4.78 is 7.40. The molecule has 1 amide bonds. The van der Waals surface area contributed by atoms with E-state index in [1.807, 2.05) is 43.3 Å². The molecule has 2 aromatic rings. The van der Waals surface area contributed by atoms with E-state index in [-0.39, 0.29) is 5.91 Å². The molecule has 0 fully saturated rings. The molecule has 0 unspecified atom stereocenters. The zero-order valence-electron chi connectivity index (χ0n) is 12.5. The highest BCUT2D eigenvalue weighted by molar-refractivity contribution is 14.1. The lowest BCUT2D eigenvalue weighted by Crippen LogP contribution is -2.14. The van der Waals surface area contributed by atoms with E-state index in [9.17, 15) is 4.79 Å². The van der Waals surface area contributed by atoms with Crippen molar-refractivity contribution in [2.45, 2.75) is 20.3 Å². The van der Waals surface area contributed by atoms with E-state index in [0.29, 0.717) is 12.2 Å². The predicted molar refractivity (Wildman–Crippen MR) is 102 cm³/mol. The lowest BCUT2D eigenvalue weighted by atomic mass is 10.1. The van der Waals surface area contributed by atoms with Gasteiger partial charge in [-0.25, -0.2) is 0 Å². The number of rotatable bonds is 5. The third kappa shape index (κ3) is 4.46. The molecule has 3 nitrogen and oxygen atoms in total. The summed E-state index contributed by atoms with van der Waals surface area (Å²) in [5, 5.41) is 2.96. The summed E-state index contributed by atoms with van der Waals surface area (Å²) in [5.74, 6) is 0.713. The summed E-state index contributed by atoms with van der Waals surface area (Å²) in [6.07, 6.45) is 0.971. The van der Waals surface area contributed by atoms with Crippen LogP contribution in [-0.4, -0.2) is 12.5 Å². The molecule has 0 aliphatic carbocycles. The Hall–Kier alpha value is -1.08. The minimum atomic E-state index is -0.115. The van der Waals surface area contributed by atoms with Gasteiger partial charge in [-0.05, 0) is 77.9 Å². The first kappa shape index (κ1) is 17.3. The molecule has 22 heavy (non-hydrogen) atoms. The van der Waals surface area contributed by atoms with Gasteiger partial charge in [0.15, 0.2) is 0 Å². The summed E-state index contributed by atoms with van der Waals surface area (Å²) in [6.45, 7) is 4.72. The van der Waals surface area contributed by atoms with Crippen LogP contribution in [0.5, 0.6) is 5.75 Å². The Morgan fingerprint density at radius 1 is 1.27 bits per heavy atom. The monoisotopic (exact) mass is 473 g/mol. The van der Waals surface area contributed by atoms with Crippen molar-refractivity contribution in [2.75, 3.05) is 11.9 Å². The van der Waals surface area contributed by atoms with Crippen molar-refractivity contribution in [1.82, 2.24) is 0 Å². The highest BCUT2D eigenvalue weighted by Crippen LogP contribution is 2.24. The fourth-order valence-electron chi connectivity index (χ4n) is 1.95. The first-order valence-corrected chi connectivity index (χ1v) is 8.88. The third-order valence-corrected chi connectivity index (χ3v) is 4.53. The van der Waals surface area contributed by atoms with Gasteiger partial charge in [-0.1, -0.05) is 22.9 Å². The van der Waals surface area contributed by atoms with Crippen molar-refractivity contribution in [1.29, 1.82) is 0 Å². The molecule has 5 heteroatoms. The van der Waals surface area contributed by atoms with Crippen molar-refractivity contribution in [3.8, 4) is 5.75 Å². The van der Waals surface area contributed by atoms with E-state index >= 15 is 0 Å². The number of anilines is 1. The maximum Gasteiger partial charge on any atom is 0.256 e. The van der Waals surface area contributed by atoms with E-state index in [1.54, 1.807) is 0 Å². The maximum absolute atomic E-state index is 12.4. The van der Waals surface area contributed by atoms with Crippen molar-refractivity contribution in [2.24, 2.45) is 0 Å². The quantitative estimate of drug-likeness (QED) is 0.590. The van der Waals surface area contributed by atoms with Crippen LogP contribution in [0.2, 0.25) is 0 Å². The molecule has 1 N–H and O–H groups in total. The van der Waals surface area contributed by atoms with Gasteiger partial charge in [0.2, 0.25) is 0 Å². The molecule has 0 aliphatic rings. The smallest absolute Gasteiger partial charge is 0.256 e. The Kier molecular flexibility index (Phi) is 6.26. The molecule has 0 atom stereocenters. The van der Waals surface area contributed by atoms with Gasteiger partial charge in [-0.3, -0.25) is 4.79 Å². The Morgan fingerprint density at radius 2 is 2.05 bits per heavy atom. The molecule has 0 heterocycles. The van der Waals surface area contributed by atoms with Crippen LogP contribution in [0.1, 0.15) is 29.3 Å². The number of hydrogen-bond acceptors (Lipinski definition) is 2. The number of amides is 1. The minimum absolute atomic E-state index is 0.115. The zero-order chi connectivity index (χ0) is 16.1. The van der Waals surface area contributed by atoms with E-state index < -0.39 is 0 Å². The van der Waals surface area contributed by atoms with Crippen LogP contribution in [0.4, 0.5) is 5.69 Å². The van der Waals surface area contributed by atoms with Gasteiger partial charge in [0.25, 0.3) is 5.91 Å². The molecule has 0 aliphatic heterocycles. The fraction of sp³-hybridized carbons (Fsp3) is 0.235. The fourth-order valence-corrected chi connectivity index (χ4v) is 2.89. The van der Waals surface area contributed by atoms with E-state index in [4.69, 9.17) is 4.74 Å². The predicted octanol–water partition coefficient (Wildman–Crippen LogP) is 5.40. The lowest BCUT2D eigenvalue weighted by Gasteiger charge is -2.12. The molecule has 0 aromatic heterocycles. The molecule has 0 radical (unpaired) electrons. The Bertz CT molecular complexity index is 688. The Morgan fingerprint density at radius 3 is 2.73 bits per heavy atom. The number of carbonyl (C=O) groups is 1. The first-order chi connectivity index (χ1) is 10.5. The highest BCUT2D eigenvalue weighted by atomic mass is 127. The molecular formula is C17H17BrINO2. The van der Waals surface area contributed by atoms with Gasteiger partial charge in [0.05, 0.1) is 12.2 Å². The molecule has 2 rings (SSSR count). The number of nitrogens with one attached hydrogen (secondary N) is 1. The zero-order valence-corrected chi connectivity index (χ0v) is 16.2. The molecule has 0 saturated heterocycles. The lowest BCUT2D eigenvalue weighted by molar-refractivity contribution is 0.102. The summed E-state index contributed by atoms with van der Waals surface area (Å²) >= 11 is 5.56. The van der Waals surface area contributed by atoms with Crippen LogP contribution in [0, 0.1) is 10.5 Å². The molecular weight excluding hydrogens is 457 g/mol. The van der Waals surface area contributed by atoms with E-state index in [2.05, 4.69) is 50.8 Å². The van der Waals surface area contributed by atoms with Crippen molar-refractivity contribution < 1.29 is 9.53 Å². The van der Waals surface area contributed by atoms with Crippen LogP contribution < -0.4 is 10.1 Å². The second kappa shape index (κ2) is 7.97. The summed E-state index contributed by atoms with van der Waals surface area (Å²) in [7, 11) is 0. The number of hydrogen-bond donors (Lipinski definition) is 1. The van der Waals surface area contributed by atoms with Crippen LogP contribution >= 0.6 is 38.5 Å². The third-order valence-electron chi connectivity index (χ3n) is 3.09. The SMILES string of the molecule is CCCOc1ccc(NC(=O)c2cc(Br)ccc2I)c(C)c1. The Labute approximate surface area is 152 Å². The van der Waals surface area contributed by atoms with E-state index in [1.165, 1.54) is 0 Å². The topological polar surface area (TPSA) is 38.3 Å². The number of ether oxygens (including phenoxy) is 1. The standard InChI is InChI=1S/C17H17BrINO2/c1-3-8-22-13-5-7-16(11(2)9-13)20-17(21)14-10-12(18)4-6-15(14)19/h4-7,9-10H,3,8H2,1-2H3,(H,20,21). The summed E-state index contributed by atoms with van der Waals surface area (Å²) in [5.41, 5.74) is 2.43. The van der Waals surface area contributed by atoms with Gasteiger partial charge >= 0.3 is 0 Å². The largest absolute Gasteiger partial charge is 0.494 e. The molecule has 0 bridgehead atoms. The summed E-state index contributed by atoms with van der Waals surface area (Å²) in [6, 6.07) is 11.4. The molecule has 0 saturated carbocycles. The van der Waals surface area contributed by atoms with Crippen LogP contribution in [0.25, 0.3) is 0 Å². The van der Waals surface area contributed by atoms with Gasteiger partial charge < -0.3 is 10.1 Å². The number of aryl methyl sites for hydroxylation is 1. The second-order valence-electron chi connectivity index (χ2n) is 4.90. The van der Waals surface area contributed by atoms with Gasteiger partial charge in [-0.2, -0.15) is 0 Å². The van der Waals surface area contributed by atoms with Gasteiger partial charge in [0.1, 0.15) is 5.75 Å². The van der Waals surface area contributed by atoms with Crippen molar-refractivity contribution in [3.05, 3.63) is 55.6 Å². The normalized spacial score (nSPS) is 10.4. The van der Waals surface area contributed by atoms with Crippen LogP contribution in [0.15, 0.2) is 40.9 Å². The molecule has 2 aromatic carbocycles. The number of benzene rings is 2. The first-order valence-electron chi connectivity index (χ1n) is 7.01. The number of halogens is 2. The van der Waals surface area contributed by atoms with E-state index in [0.717, 1.165) is 31.5 Å². The molecule has 0 spiro atoms. The number of carbonyl (C=O) groups excluding carboxylic acids is 1. The van der Waals surface area contributed by atoms with Crippen LogP contribution in [-0.2, 0) is 0 Å². The van der Waals surface area contributed by atoms with Gasteiger partial charge in [-0.15, -0.1) is 0 Å². The highest BCUT2D eigenvalue weighted by Gasteiger charge is 2.12. The second-order valence-corrected chi connectivity index (χ2v) is 6.98. The van der Waals surface area contributed by atoms with Crippen molar-refractivity contribution in [3.63, 3.8) is 0 Å². The van der Waals surface area contributed by atoms with Gasteiger partial charge in [0, 0.05) is 13.7 Å². The molecule has 116 valence electrons. The van der Waals surface area contributed by atoms with Crippen molar-refractivity contribution >= 4 is 50.1 Å². The summed E-state index contributed by atoms with van der Waals surface area (Å²) in [4.78, 5) is 12.4. The van der Waals surface area contributed by atoms with Crippen LogP contribution in [0.3, 0.4) is 0 Å². The average Bonchev–Trinajstić information content (AvgIpc) is 2.50. The minimum Gasteiger partial charge on any atom is -0.494 e. The average molecular weight is 474 g/mol. The Balaban J connectivity index is 2.16. The maximum atomic E-state index is 12.4.